The van der Waals surface area contributed by atoms with Crippen LogP contribution in [0, 0.1) is 17.5 Å². The molecule has 12 heteroatoms. The van der Waals surface area contributed by atoms with Crippen molar-refractivity contribution in [2.75, 3.05) is 14.2 Å². The lowest BCUT2D eigenvalue weighted by Gasteiger charge is -2.10. The molecule has 0 fully saturated rings. The highest BCUT2D eigenvalue weighted by Gasteiger charge is 2.20. The van der Waals surface area contributed by atoms with E-state index in [-0.39, 0.29) is 13.0 Å². The maximum Gasteiger partial charge on any atom is 0.294 e. The van der Waals surface area contributed by atoms with Gasteiger partial charge in [0.25, 0.3) is 5.19 Å². The van der Waals surface area contributed by atoms with Crippen LogP contribution in [0.2, 0.25) is 0 Å². The van der Waals surface area contributed by atoms with Gasteiger partial charge in [-0.05, 0) is 28.5 Å². The zero-order valence-electron chi connectivity index (χ0n) is 21.6. The van der Waals surface area contributed by atoms with E-state index in [1.807, 2.05) is 6.07 Å². The first-order valence-corrected chi connectivity index (χ1v) is 13.0. The van der Waals surface area contributed by atoms with Gasteiger partial charge in [-0.2, -0.15) is 0 Å². The summed E-state index contributed by atoms with van der Waals surface area (Å²) < 4.78 is 65.7. The fourth-order valence-corrected chi connectivity index (χ4v) is 5.10. The minimum absolute atomic E-state index is 0.119. The Morgan fingerprint density at radius 3 is 2.51 bits per heavy atom. The van der Waals surface area contributed by atoms with E-state index in [1.165, 1.54) is 18.4 Å². The first kappa shape index (κ1) is 26.4. The van der Waals surface area contributed by atoms with Crippen LogP contribution in [-0.2, 0) is 13.0 Å². The molecule has 8 nitrogen and oxygen atoms in total. The summed E-state index contributed by atoms with van der Waals surface area (Å²) in [6.07, 6.45) is 1.46. The van der Waals surface area contributed by atoms with Crippen LogP contribution >= 0.6 is 11.3 Å². The summed E-state index contributed by atoms with van der Waals surface area (Å²) in [7, 11) is 3.07. The minimum atomic E-state index is -1.24. The summed E-state index contributed by atoms with van der Waals surface area (Å²) >= 11 is 1.30. The van der Waals surface area contributed by atoms with E-state index >= 15 is 0 Å². The number of nitrogens with zero attached hydrogens (tertiary/aromatic N) is 3. The van der Waals surface area contributed by atoms with Gasteiger partial charge in [0, 0.05) is 30.7 Å². The van der Waals surface area contributed by atoms with Gasteiger partial charge in [0.2, 0.25) is 4.96 Å². The molecule has 0 amide bonds. The van der Waals surface area contributed by atoms with Crippen LogP contribution < -0.4 is 14.2 Å². The van der Waals surface area contributed by atoms with Gasteiger partial charge < -0.3 is 18.6 Å². The Morgan fingerprint density at radius 1 is 1.00 bits per heavy atom. The second-order valence-electron chi connectivity index (χ2n) is 9.03. The lowest BCUT2D eigenvalue weighted by molar-refractivity contribution is 0.0984. The Hall–Kier alpha value is -4.84. The van der Waals surface area contributed by atoms with Crippen LogP contribution in [0.15, 0.2) is 65.2 Å². The number of halogens is 3. The number of hydrogen-bond acceptors (Lipinski definition) is 8. The molecule has 0 saturated carbocycles. The third-order valence-electron chi connectivity index (χ3n) is 6.30. The molecular formula is C29H20F3N3O5S. The van der Waals surface area contributed by atoms with Gasteiger partial charge >= 0.3 is 0 Å². The number of fused-ring (bicyclic) bond motifs is 2. The van der Waals surface area contributed by atoms with Gasteiger partial charge in [-0.1, -0.05) is 24.3 Å². The SMILES string of the molecule is COc1cc(OCc2cccc(CC(=O)c3c(F)cc(F)cc3F)c2)c2cc(-c3cn4nc(OC)sc4n3)oc2c1. The van der Waals surface area contributed by atoms with Crippen molar-refractivity contribution < 1.29 is 36.6 Å². The fraction of sp³-hybridized carbons (Fsp3) is 0.138. The monoisotopic (exact) mass is 579 g/mol. The van der Waals surface area contributed by atoms with Crippen molar-refractivity contribution in [2.24, 2.45) is 0 Å². The first-order chi connectivity index (χ1) is 19.8. The van der Waals surface area contributed by atoms with Gasteiger partial charge in [-0.15, -0.1) is 5.10 Å². The van der Waals surface area contributed by atoms with Crippen LogP contribution in [-0.4, -0.2) is 34.6 Å². The van der Waals surface area contributed by atoms with Crippen LogP contribution in [0.25, 0.3) is 27.4 Å². The maximum atomic E-state index is 14.1. The van der Waals surface area contributed by atoms with Crippen molar-refractivity contribution >= 4 is 33.1 Å². The second-order valence-corrected chi connectivity index (χ2v) is 9.94. The smallest absolute Gasteiger partial charge is 0.294 e. The Bertz CT molecular complexity index is 1880. The number of carbonyl (C=O) groups is 1. The third-order valence-corrected chi connectivity index (χ3v) is 7.18. The van der Waals surface area contributed by atoms with Crippen LogP contribution in [0.3, 0.4) is 0 Å². The van der Waals surface area contributed by atoms with Crippen molar-refractivity contribution in [1.29, 1.82) is 0 Å². The number of aromatic nitrogens is 3. The molecule has 208 valence electrons. The van der Waals surface area contributed by atoms with Crippen molar-refractivity contribution in [2.45, 2.75) is 13.0 Å². The lowest BCUT2D eigenvalue weighted by Crippen LogP contribution is -2.10. The summed E-state index contributed by atoms with van der Waals surface area (Å²) in [5.74, 6) is -2.84. The summed E-state index contributed by atoms with van der Waals surface area (Å²) in [5, 5.41) is 5.47. The molecule has 0 aliphatic heterocycles. The first-order valence-electron chi connectivity index (χ1n) is 12.2. The molecule has 0 spiro atoms. The molecule has 0 N–H and O–H groups in total. The molecule has 0 unspecified atom stereocenters. The fourth-order valence-electron chi connectivity index (χ4n) is 4.40. The average molecular weight is 580 g/mol. The predicted molar refractivity (Wildman–Crippen MR) is 144 cm³/mol. The number of Topliss-reactive ketones (excluding diaryl/α,β-unsaturated/α-hetero) is 1. The highest BCUT2D eigenvalue weighted by molar-refractivity contribution is 7.18. The Morgan fingerprint density at radius 2 is 1.78 bits per heavy atom. The molecule has 0 aliphatic rings. The summed E-state index contributed by atoms with van der Waals surface area (Å²) in [6.45, 7) is 0.119. The van der Waals surface area contributed by atoms with Crippen LogP contribution in [0.5, 0.6) is 16.7 Å². The number of imidazole rings is 1. The highest BCUT2D eigenvalue weighted by atomic mass is 32.1. The number of benzene rings is 3. The number of rotatable bonds is 9. The standard InChI is InChI=1S/C29H20F3N3O5S/c1-37-18-10-24(19-12-26(40-25(19)11-18)22-13-35-28(33-22)41-29(34-35)38-2)39-14-16-5-3-4-15(6-16)7-23(36)27-20(31)8-17(30)9-21(27)32/h3-6,8-13H,7,14H2,1-2H3. The van der Waals surface area contributed by atoms with E-state index in [0.717, 1.165) is 0 Å². The zero-order chi connectivity index (χ0) is 28.7. The highest BCUT2D eigenvalue weighted by Crippen LogP contribution is 2.37. The third kappa shape index (κ3) is 5.21. The molecule has 3 heterocycles. The molecule has 3 aromatic heterocycles. The molecule has 6 aromatic rings. The van der Waals surface area contributed by atoms with Gasteiger partial charge in [0.05, 0.1) is 31.4 Å². The van der Waals surface area contributed by atoms with Crippen molar-refractivity contribution in [1.82, 2.24) is 14.6 Å². The molecule has 3 aromatic carbocycles. The summed E-state index contributed by atoms with van der Waals surface area (Å²) in [5.41, 5.74) is 1.57. The largest absolute Gasteiger partial charge is 0.496 e. The Labute approximate surface area is 234 Å². The van der Waals surface area contributed by atoms with E-state index < -0.39 is 28.8 Å². The normalized spacial score (nSPS) is 11.3. The topological polar surface area (TPSA) is 88.1 Å². The number of methoxy groups -OCH3 is 2. The minimum Gasteiger partial charge on any atom is -0.496 e. The van der Waals surface area contributed by atoms with Gasteiger partial charge in [0.15, 0.2) is 11.5 Å². The molecule has 0 saturated heterocycles. The molecule has 0 aliphatic carbocycles. The van der Waals surface area contributed by atoms with Crippen LogP contribution in [0.1, 0.15) is 21.5 Å². The molecule has 6 rings (SSSR count). The zero-order valence-corrected chi connectivity index (χ0v) is 22.4. The Kier molecular flexibility index (Phi) is 6.83. The number of carbonyl (C=O) groups excluding carboxylic acids is 1. The van der Waals surface area contributed by atoms with Crippen molar-refractivity contribution in [3.63, 3.8) is 0 Å². The maximum absolute atomic E-state index is 14.1. The summed E-state index contributed by atoms with van der Waals surface area (Å²) in [6, 6.07) is 13.1. The van der Waals surface area contributed by atoms with Crippen molar-refractivity contribution in [3.05, 3.63) is 94.9 Å². The van der Waals surface area contributed by atoms with Gasteiger partial charge in [-0.25, -0.2) is 22.7 Å². The number of furan rings is 1. The van der Waals surface area contributed by atoms with Gasteiger partial charge in [0.1, 0.15) is 46.8 Å². The molecule has 0 atom stereocenters. The predicted octanol–water partition coefficient (Wildman–Crippen LogP) is 6.64. The molecule has 0 bridgehead atoms. The quantitative estimate of drug-likeness (QED) is 0.177. The van der Waals surface area contributed by atoms with E-state index in [2.05, 4.69) is 10.1 Å². The van der Waals surface area contributed by atoms with Crippen molar-refractivity contribution in [3.8, 4) is 28.1 Å². The van der Waals surface area contributed by atoms with Gasteiger partial charge in [-0.3, -0.25) is 4.79 Å². The average Bonchev–Trinajstić information content (AvgIpc) is 3.64. The number of ketones is 1. The Balaban J connectivity index is 1.23. The number of hydrogen-bond donors (Lipinski definition) is 0. The van der Waals surface area contributed by atoms with E-state index in [9.17, 15) is 18.0 Å². The molecule has 41 heavy (non-hydrogen) atoms. The lowest BCUT2D eigenvalue weighted by atomic mass is 10.0. The van der Waals surface area contributed by atoms with Crippen LogP contribution in [0.4, 0.5) is 13.2 Å². The number of ether oxygens (including phenoxy) is 3. The van der Waals surface area contributed by atoms with E-state index in [1.54, 1.807) is 54.2 Å². The van der Waals surface area contributed by atoms with E-state index in [0.29, 0.717) is 67.3 Å². The summed E-state index contributed by atoms with van der Waals surface area (Å²) in [4.78, 5) is 17.8. The second kappa shape index (κ2) is 10.6. The molecular weight excluding hydrogens is 559 g/mol. The van der Waals surface area contributed by atoms with E-state index in [4.69, 9.17) is 18.6 Å². The molecule has 0 radical (unpaired) electrons.